The molecule has 0 saturated heterocycles. The normalized spacial score (nSPS) is 16.0. The fraction of sp³-hybridized carbons (Fsp3) is 0.333. The summed E-state index contributed by atoms with van der Waals surface area (Å²) in [5.74, 6) is 0. The van der Waals surface area contributed by atoms with Crippen molar-refractivity contribution in [2.75, 3.05) is 4.30 Å². The van der Waals surface area contributed by atoms with Crippen LogP contribution < -0.4 is 0 Å². The van der Waals surface area contributed by atoms with Gasteiger partial charge in [0.1, 0.15) is 0 Å². The van der Waals surface area contributed by atoms with Crippen LogP contribution in [-0.2, 0) is 0 Å². The summed E-state index contributed by atoms with van der Waals surface area (Å²) in [6.45, 7) is 0. The van der Waals surface area contributed by atoms with Crippen LogP contribution in [0, 0.1) is 0 Å². The molecule has 0 aliphatic carbocycles. The topological polar surface area (TPSA) is 12.4 Å². The zero-order valence-electron chi connectivity index (χ0n) is 2.89. The summed E-state index contributed by atoms with van der Waals surface area (Å²) >= 11 is -0.156. The molecule has 0 atom stereocenters. The molecule has 0 aromatic rings. The molecule has 0 N–H and O–H groups in total. The van der Waals surface area contributed by atoms with E-state index in [-0.39, 0.29) is 22.4 Å². The van der Waals surface area contributed by atoms with Gasteiger partial charge in [0.05, 0.1) is 0 Å². The van der Waals surface area contributed by atoms with Gasteiger partial charge in [0.2, 0.25) is 0 Å². The van der Waals surface area contributed by atoms with Crippen LogP contribution in [0.25, 0.3) is 0 Å². The summed E-state index contributed by atoms with van der Waals surface area (Å²) in [6.07, 6.45) is 1.95. The molecule has 2 heteroatoms. The van der Waals surface area contributed by atoms with E-state index in [0.29, 0.717) is 0 Å². The Bertz CT molecular complexity index is 65.0. The summed E-state index contributed by atoms with van der Waals surface area (Å²) in [7, 11) is 0. The summed E-state index contributed by atoms with van der Waals surface area (Å²) in [6, 6.07) is 0. The van der Waals surface area contributed by atoms with E-state index >= 15 is 0 Å². The van der Waals surface area contributed by atoms with Gasteiger partial charge in [0.15, 0.2) is 0 Å². The Morgan fingerprint density at radius 2 is 2.80 bits per heavy atom. The van der Waals surface area contributed by atoms with Crippen LogP contribution in [0.15, 0.2) is 4.99 Å². The maximum atomic E-state index is 3.99. The van der Waals surface area contributed by atoms with E-state index in [0.717, 1.165) is 0 Å². The fourth-order valence-electron chi connectivity index (χ4n) is 0.304. The standard InChI is InChI=1S/C3H4N.In/c1-3-4-2;/h1,3H,2H2;. The van der Waals surface area contributed by atoms with Gasteiger partial charge in [-0.1, -0.05) is 0 Å². The van der Waals surface area contributed by atoms with Crippen LogP contribution >= 0.6 is 0 Å². The van der Waals surface area contributed by atoms with Crippen molar-refractivity contribution >= 4 is 32.4 Å². The van der Waals surface area contributed by atoms with Crippen molar-refractivity contribution in [3.63, 3.8) is 0 Å². The maximum absolute atomic E-state index is 3.99. The Kier molecular flexibility index (Phi) is 1.26. The van der Waals surface area contributed by atoms with Crippen LogP contribution in [0.3, 0.4) is 0 Å². The van der Waals surface area contributed by atoms with Crippen molar-refractivity contribution in [1.29, 1.82) is 0 Å². The van der Waals surface area contributed by atoms with Gasteiger partial charge < -0.3 is 0 Å². The Labute approximate surface area is 41.9 Å². The molecule has 1 heterocycles. The predicted molar refractivity (Wildman–Crippen MR) is 25.2 cm³/mol. The van der Waals surface area contributed by atoms with Crippen LogP contribution in [0.2, 0.25) is 0 Å². The average molecular weight is 169 g/mol. The quantitative estimate of drug-likeness (QED) is 0.465. The second kappa shape index (κ2) is 1.75. The third-order valence-corrected chi connectivity index (χ3v) is 3.01. The fourth-order valence-corrected chi connectivity index (χ4v) is 2.04. The first kappa shape index (κ1) is 3.59. The Balaban J connectivity index is 2.61. The van der Waals surface area contributed by atoms with E-state index in [1.165, 1.54) is 4.30 Å². The van der Waals surface area contributed by atoms with Crippen LogP contribution in [-0.4, -0.2) is 36.7 Å². The van der Waals surface area contributed by atoms with E-state index in [4.69, 9.17) is 0 Å². The van der Waals surface area contributed by atoms with E-state index in [1.807, 2.05) is 6.21 Å². The minimum absolute atomic E-state index is 0.156. The summed E-state index contributed by atoms with van der Waals surface area (Å²) in [4.78, 5) is 3.99. The van der Waals surface area contributed by atoms with E-state index in [9.17, 15) is 0 Å². The molecule has 24 valence electrons. The van der Waals surface area contributed by atoms with Crippen LogP contribution in [0.5, 0.6) is 0 Å². The second-order valence-electron chi connectivity index (χ2n) is 0.942. The minimum atomic E-state index is -0.156. The summed E-state index contributed by atoms with van der Waals surface area (Å²) in [5, 5.41) is 0. The Morgan fingerprint density at radius 3 is 3.00 bits per heavy atom. The van der Waals surface area contributed by atoms with Crippen LogP contribution in [0.1, 0.15) is 0 Å². The van der Waals surface area contributed by atoms with E-state index in [2.05, 4.69) is 8.75 Å². The molecule has 0 amide bonds. The molecule has 0 saturated carbocycles. The zero-order valence-corrected chi connectivity index (χ0v) is 6.18. The third kappa shape index (κ3) is 0.875. The van der Waals surface area contributed by atoms with Gasteiger partial charge in [-0.15, -0.1) is 0 Å². The molecule has 1 aliphatic heterocycles. The van der Waals surface area contributed by atoms with Gasteiger partial charge in [-0.05, 0) is 0 Å². The van der Waals surface area contributed by atoms with Crippen molar-refractivity contribution in [3.8, 4) is 0 Å². The third-order valence-electron chi connectivity index (χ3n) is 0.538. The first-order valence-corrected chi connectivity index (χ1v) is 5.88. The molecule has 0 aromatic carbocycles. The molecule has 0 bridgehead atoms. The second-order valence-corrected chi connectivity index (χ2v) is 4.43. The molecular weight excluding hydrogens is 165 g/mol. The van der Waals surface area contributed by atoms with E-state index < -0.39 is 0 Å². The summed E-state index contributed by atoms with van der Waals surface area (Å²) in [5.41, 5.74) is 0. The SMILES string of the molecule is C1=N[CH2][In]=[CH]1. The first-order chi connectivity index (χ1) is 2.50. The van der Waals surface area contributed by atoms with Crippen molar-refractivity contribution in [2.45, 2.75) is 0 Å². The van der Waals surface area contributed by atoms with Crippen LogP contribution in [0.4, 0.5) is 0 Å². The predicted octanol–water partition coefficient (Wildman–Crippen LogP) is -0.465. The number of hydrogen-bond acceptors (Lipinski definition) is 1. The van der Waals surface area contributed by atoms with Gasteiger partial charge in [-0.2, -0.15) is 0 Å². The number of rotatable bonds is 0. The Morgan fingerprint density at radius 1 is 1.80 bits per heavy atom. The molecule has 1 nitrogen and oxygen atoms in total. The number of hydrogen-bond donors (Lipinski definition) is 0. The molecule has 1 aliphatic rings. The monoisotopic (exact) mass is 169 g/mol. The van der Waals surface area contributed by atoms with Crippen molar-refractivity contribution in [3.05, 3.63) is 0 Å². The number of aliphatic imine (C=N–C) groups is 1. The van der Waals surface area contributed by atoms with Crippen molar-refractivity contribution in [1.82, 2.24) is 0 Å². The molecule has 0 spiro atoms. The number of nitrogens with zero attached hydrogens (tertiary/aromatic N) is 1. The van der Waals surface area contributed by atoms with Gasteiger partial charge >= 0.3 is 41.7 Å². The zero-order chi connectivity index (χ0) is 3.54. The van der Waals surface area contributed by atoms with E-state index in [1.54, 1.807) is 0 Å². The van der Waals surface area contributed by atoms with Crippen molar-refractivity contribution < 1.29 is 0 Å². The van der Waals surface area contributed by atoms with Gasteiger partial charge in [-0.25, -0.2) is 0 Å². The van der Waals surface area contributed by atoms with Crippen molar-refractivity contribution in [2.24, 2.45) is 4.99 Å². The first-order valence-electron chi connectivity index (χ1n) is 1.65. The van der Waals surface area contributed by atoms with Gasteiger partial charge in [0.25, 0.3) is 0 Å². The molecule has 0 fully saturated rings. The Hall–Kier alpha value is 0.410. The molecule has 5 heavy (non-hydrogen) atoms. The molecule has 0 radical (unpaired) electrons. The summed E-state index contributed by atoms with van der Waals surface area (Å²) < 4.78 is 3.46. The molecule has 1 rings (SSSR count). The van der Waals surface area contributed by atoms with Gasteiger partial charge in [-0.3, -0.25) is 0 Å². The molecule has 0 unspecified atom stereocenters. The van der Waals surface area contributed by atoms with Gasteiger partial charge in [0, 0.05) is 0 Å². The molecular formula is C3H4InN. The molecule has 0 aromatic heterocycles. The average Bonchev–Trinajstić information content (AvgIpc) is 1.76.